The van der Waals surface area contributed by atoms with Gasteiger partial charge in [0.05, 0.1) is 0 Å². The molecule has 0 bridgehead atoms. The van der Waals surface area contributed by atoms with Gasteiger partial charge in [0, 0.05) is 43.6 Å². The first kappa shape index (κ1) is 13.8. The second kappa shape index (κ2) is 6.54. The first-order valence-electron chi connectivity index (χ1n) is 7.35. The molecule has 1 aromatic carbocycles. The maximum atomic E-state index is 9.77. The van der Waals surface area contributed by atoms with E-state index in [4.69, 9.17) is 0 Å². The highest BCUT2D eigenvalue weighted by Crippen LogP contribution is 2.18. The highest BCUT2D eigenvalue weighted by Gasteiger charge is 2.20. The van der Waals surface area contributed by atoms with Gasteiger partial charge in [0.25, 0.3) is 0 Å². The van der Waals surface area contributed by atoms with Crippen molar-refractivity contribution in [3.8, 4) is 5.75 Å². The summed E-state index contributed by atoms with van der Waals surface area (Å²) in [7, 11) is 0. The summed E-state index contributed by atoms with van der Waals surface area (Å²) in [6, 6.07) is 9.79. The van der Waals surface area contributed by atoms with Gasteiger partial charge in [-0.1, -0.05) is 18.2 Å². The zero-order valence-corrected chi connectivity index (χ0v) is 11.9. The lowest BCUT2D eigenvalue weighted by Crippen LogP contribution is -2.42. The molecule has 2 heterocycles. The van der Waals surface area contributed by atoms with Crippen LogP contribution in [0.15, 0.2) is 42.7 Å². The second-order valence-corrected chi connectivity index (χ2v) is 5.32. The van der Waals surface area contributed by atoms with Gasteiger partial charge in [-0.25, -0.2) is 9.97 Å². The minimum Gasteiger partial charge on any atom is -0.508 e. The highest BCUT2D eigenvalue weighted by molar-refractivity contribution is 5.32. The number of benzene rings is 1. The van der Waals surface area contributed by atoms with Crippen LogP contribution in [-0.4, -0.2) is 34.2 Å². The molecular weight excluding hydrogens is 264 g/mol. The molecule has 3 rings (SSSR count). The van der Waals surface area contributed by atoms with E-state index in [9.17, 15) is 5.11 Å². The Hall–Kier alpha value is -2.14. The Balaban J connectivity index is 1.49. The maximum absolute atomic E-state index is 9.77. The molecule has 1 aliphatic rings. The Morgan fingerprint density at radius 2 is 1.81 bits per heavy atom. The zero-order chi connectivity index (χ0) is 14.5. The Kier molecular flexibility index (Phi) is 4.31. The summed E-state index contributed by atoms with van der Waals surface area (Å²) in [6.45, 7) is 2.63. The van der Waals surface area contributed by atoms with Crippen molar-refractivity contribution >= 4 is 5.95 Å². The monoisotopic (exact) mass is 284 g/mol. The molecule has 2 N–H and O–H groups in total. The molecule has 0 aliphatic carbocycles. The predicted molar refractivity (Wildman–Crippen MR) is 82.2 cm³/mol. The van der Waals surface area contributed by atoms with E-state index in [1.807, 2.05) is 24.3 Å². The van der Waals surface area contributed by atoms with Crippen LogP contribution in [0.25, 0.3) is 0 Å². The molecule has 110 valence electrons. The van der Waals surface area contributed by atoms with Gasteiger partial charge in [0.1, 0.15) is 5.75 Å². The summed E-state index contributed by atoms with van der Waals surface area (Å²) in [6.07, 6.45) is 5.69. The number of phenolic OH excluding ortho intramolecular Hbond substituents is 1. The fourth-order valence-corrected chi connectivity index (χ4v) is 2.65. The van der Waals surface area contributed by atoms with Gasteiger partial charge >= 0.3 is 0 Å². The van der Waals surface area contributed by atoms with Crippen molar-refractivity contribution < 1.29 is 5.11 Å². The second-order valence-electron chi connectivity index (χ2n) is 5.32. The van der Waals surface area contributed by atoms with Gasteiger partial charge in [0.2, 0.25) is 5.95 Å². The van der Waals surface area contributed by atoms with E-state index in [0.717, 1.165) is 37.4 Å². The molecule has 0 saturated carbocycles. The quantitative estimate of drug-likeness (QED) is 0.898. The minimum atomic E-state index is 0.361. The van der Waals surface area contributed by atoms with Crippen LogP contribution >= 0.6 is 0 Å². The summed E-state index contributed by atoms with van der Waals surface area (Å²) >= 11 is 0. The minimum absolute atomic E-state index is 0.361. The highest BCUT2D eigenvalue weighted by atomic mass is 16.3. The van der Waals surface area contributed by atoms with Crippen molar-refractivity contribution in [3.63, 3.8) is 0 Å². The van der Waals surface area contributed by atoms with E-state index >= 15 is 0 Å². The van der Waals surface area contributed by atoms with Crippen molar-refractivity contribution in [2.75, 3.05) is 18.0 Å². The summed E-state index contributed by atoms with van der Waals surface area (Å²) in [5.41, 5.74) is 0.950. The number of piperidine rings is 1. The molecule has 0 unspecified atom stereocenters. The fraction of sp³-hybridized carbons (Fsp3) is 0.375. The number of nitrogens with one attached hydrogen (secondary N) is 1. The third kappa shape index (κ3) is 3.49. The van der Waals surface area contributed by atoms with Crippen LogP contribution in [0.3, 0.4) is 0 Å². The van der Waals surface area contributed by atoms with Gasteiger partial charge in [0.15, 0.2) is 0 Å². The van der Waals surface area contributed by atoms with Gasteiger partial charge in [-0.3, -0.25) is 0 Å². The molecule has 5 heteroatoms. The number of phenols is 1. The summed E-state index contributed by atoms with van der Waals surface area (Å²) in [5.74, 6) is 1.18. The molecule has 2 aromatic rings. The third-order valence-electron chi connectivity index (χ3n) is 3.90. The smallest absolute Gasteiger partial charge is 0.225 e. The molecular formula is C16H20N4O. The van der Waals surface area contributed by atoms with Crippen molar-refractivity contribution in [1.29, 1.82) is 0 Å². The number of nitrogens with zero attached hydrogens (tertiary/aromatic N) is 3. The number of hydrogen-bond acceptors (Lipinski definition) is 5. The topological polar surface area (TPSA) is 61.3 Å². The summed E-state index contributed by atoms with van der Waals surface area (Å²) in [4.78, 5) is 10.8. The number of aromatic hydroxyl groups is 1. The molecule has 0 amide bonds. The van der Waals surface area contributed by atoms with Crippen molar-refractivity contribution in [3.05, 3.63) is 48.3 Å². The van der Waals surface area contributed by atoms with Crippen molar-refractivity contribution in [1.82, 2.24) is 15.3 Å². The molecule has 0 spiro atoms. The van der Waals surface area contributed by atoms with Crippen LogP contribution in [-0.2, 0) is 6.54 Å². The lowest BCUT2D eigenvalue weighted by molar-refractivity contribution is 0.404. The largest absolute Gasteiger partial charge is 0.508 e. The molecule has 1 aromatic heterocycles. The Bertz CT molecular complexity index is 567. The van der Waals surface area contributed by atoms with Crippen molar-refractivity contribution in [2.24, 2.45) is 0 Å². The average molecular weight is 284 g/mol. The van der Waals surface area contributed by atoms with Gasteiger partial charge < -0.3 is 15.3 Å². The number of aromatic nitrogens is 2. The van der Waals surface area contributed by atoms with Gasteiger partial charge in [-0.05, 0) is 25.0 Å². The first-order valence-corrected chi connectivity index (χ1v) is 7.35. The van der Waals surface area contributed by atoms with E-state index in [0.29, 0.717) is 18.3 Å². The van der Waals surface area contributed by atoms with E-state index in [1.165, 1.54) is 0 Å². The molecule has 1 aliphatic heterocycles. The standard InChI is InChI=1S/C16H20N4O/c21-15-5-2-1-4-13(15)12-19-14-6-10-20(11-7-14)16-17-8-3-9-18-16/h1-5,8-9,14,19,21H,6-7,10-12H2. The Morgan fingerprint density at radius 1 is 1.10 bits per heavy atom. The van der Waals surface area contributed by atoms with E-state index in [-0.39, 0.29) is 0 Å². The summed E-state index contributed by atoms with van der Waals surface area (Å²) in [5, 5.41) is 13.3. The van der Waals surface area contributed by atoms with E-state index in [1.54, 1.807) is 18.5 Å². The first-order chi connectivity index (χ1) is 10.3. The number of anilines is 1. The Labute approximate surface area is 124 Å². The van der Waals surface area contributed by atoms with Crippen LogP contribution in [0, 0.1) is 0 Å². The van der Waals surface area contributed by atoms with Gasteiger partial charge in [-0.15, -0.1) is 0 Å². The molecule has 0 radical (unpaired) electrons. The van der Waals surface area contributed by atoms with Crippen LogP contribution in [0.2, 0.25) is 0 Å². The number of rotatable bonds is 4. The number of para-hydroxylation sites is 1. The van der Waals surface area contributed by atoms with Crippen molar-refractivity contribution in [2.45, 2.75) is 25.4 Å². The Morgan fingerprint density at radius 3 is 2.52 bits per heavy atom. The van der Waals surface area contributed by atoms with Crippen LogP contribution < -0.4 is 10.2 Å². The molecule has 1 fully saturated rings. The normalized spacial score (nSPS) is 16.1. The van der Waals surface area contributed by atoms with E-state index < -0.39 is 0 Å². The van der Waals surface area contributed by atoms with Crippen LogP contribution in [0.4, 0.5) is 5.95 Å². The number of hydrogen-bond donors (Lipinski definition) is 2. The average Bonchev–Trinajstić information content (AvgIpc) is 2.55. The lowest BCUT2D eigenvalue weighted by Gasteiger charge is -2.32. The molecule has 21 heavy (non-hydrogen) atoms. The zero-order valence-electron chi connectivity index (χ0n) is 11.9. The lowest BCUT2D eigenvalue weighted by atomic mass is 10.0. The SMILES string of the molecule is Oc1ccccc1CNC1CCN(c2ncccn2)CC1. The van der Waals surface area contributed by atoms with E-state index in [2.05, 4.69) is 20.2 Å². The van der Waals surface area contributed by atoms with Crippen LogP contribution in [0.1, 0.15) is 18.4 Å². The van der Waals surface area contributed by atoms with Gasteiger partial charge in [-0.2, -0.15) is 0 Å². The predicted octanol–water partition coefficient (Wildman–Crippen LogP) is 1.94. The summed E-state index contributed by atoms with van der Waals surface area (Å²) < 4.78 is 0. The molecule has 5 nitrogen and oxygen atoms in total. The maximum Gasteiger partial charge on any atom is 0.225 e. The molecule has 0 atom stereocenters. The fourth-order valence-electron chi connectivity index (χ4n) is 2.65. The van der Waals surface area contributed by atoms with Crippen LogP contribution in [0.5, 0.6) is 5.75 Å². The molecule has 1 saturated heterocycles. The third-order valence-corrected chi connectivity index (χ3v) is 3.90.